The van der Waals surface area contributed by atoms with Crippen LogP contribution in [0.15, 0.2) is 60.7 Å². The van der Waals surface area contributed by atoms with Gasteiger partial charge in [-0.05, 0) is 19.3 Å². The molecule has 0 spiro atoms. The van der Waals surface area contributed by atoms with Crippen molar-refractivity contribution in [1.82, 2.24) is 0 Å². The summed E-state index contributed by atoms with van der Waals surface area (Å²) in [5.74, 6) is -0.537. The van der Waals surface area contributed by atoms with Crippen molar-refractivity contribution in [2.45, 2.75) is 31.5 Å². The molecule has 4 nitrogen and oxygen atoms in total. The van der Waals surface area contributed by atoms with Gasteiger partial charge >= 0.3 is 0 Å². The lowest BCUT2D eigenvalue weighted by Crippen LogP contribution is -2.45. The Morgan fingerprint density at radius 3 is 1.65 bits per heavy atom. The van der Waals surface area contributed by atoms with E-state index >= 15 is 0 Å². The van der Waals surface area contributed by atoms with Crippen LogP contribution in [-0.2, 0) is 18.8 Å². The van der Waals surface area contributed by atoms with Gasteiger partial charge in [-0.1, -0.05) is 60.7 Å². The summed E-state index contributed by atoms with van der Waals surface area (Å²) in [5, 5.41) is 1.12. The van der Waals surface area contributed by atoms with Crippen LogP contribution in [0.4, 0.5) is 0 Å². The van der Waals surface area contributed by atoms with Crippen molar-refractivity contribution < 1.29 is 18.8 Å². The molecule has 5 heteroatoms. The number of carbonyl (C=O) groups excluding carboxylic acids is 1. The molecule has 2 aromatic rings. The first-order valence-corrected chi connectivity index (χ1v) is 10.6. The molecule has 0 radical (unpaired) electrons. The summed E-state index contributed by atoms with van der Waals surface area (Å²) < 4.78 is 25.5. The van der Waals surface area contributed by atoms with E-state index in [1.54, 1.807) is 38.5 Å². The van der Waals surface area contributed by atoms with E-state index in [0.29, 0.717) is 10.6 Å². The van der Waals surface area contributed by atoms with Gasteiger partial charge in [-0.15, -0.1) is 0 Å². The first-order valence-electron chi connectivity index (χ1n) is 8.94. The number of benzene rings is 2. The molecular formula is C21H25O4P. The number of rotatable bonds is 6. The molecule has 1 saturated carbocycles. The molecule has 0 aromatic heterocycles. The second-order valence-corrected chi connectivity index (χ2v) is 9.32. The van der Waals surface area contributed by atoms with E-state index in [4.69, 9.17) is 9.47 Å². The van der Waals surface area contributed by atoms with Gasteiger partial charge < -0.3 is 14.0 Å². The van der Waals surface area contributed by atoms with E-state index in [9.17, 15) is 9.36 Å². The van der Waals surface area contributed by atoms with Gasteiger partial charge in [0.1, 0.15) is 0 Å². The average molecular weight is 372 g/mol. The molecule has 2 aromatic carbocycles. The van der Waals surface area contributed by atoms with Crippen LogP contribution >= 0.6 is 7.14 Å². The molecule has 1 aliphatic carbocycles. The Bertz CT molecular complexity index is 720. The van der Waals surface area contributed by atoms with Gasteiger partial charge in [-0.3, -0.25) is 4.79 Å². The van der Waals surface area contributed by atoms with E-state index in [1.165, 1.54) is 0 Å². The molecule has 138 valence electrons. The van der Waals surface area contributed by atoms with Gasteiger partial charge in [0.05, 0.1) is 18.1 Å². The Balaban J connectivity index is 2.12. The van der Waals surface area contributed by atoms with Crippen molar-refractivity contribution in [2.24, 2.45) is 5.92 Å². The Morgan fingerprint density at radius 1 is 0.846 bits per heavy atom. The fourth-order valence-corrected chi connectivity index (χ4v) is 6.60. The van der Waals surface area contributed by atoms with E-state index in [0.717, 1.165) is 19.3 Å². The van der Waals surface area contributed by atoms with E-state index in [2.05, 4.69) is 0 Å². The van der Waals surface area contributed by atoms with E-state index < -0.39 is 13.1 Å². The number of methoxy groups -OCH3 is 2. The zero-order valence-electron chi connectivity index (χ0n) is 15.2. The van der Waals surface area contributed by atoms with Crippen LogP contribution in [0, 0.1) is 5.92 Å². The minimum atomic E-state index is -3.48. The minimum absolute atomic E-state index is 0.270. The van der Waals surface area contributed by atoms with Crippen molar-refractivity contribution in [3.05, 3.63) is 60.7 Å². The van der Waals surface area contributed by atoms with Crippen LogP contribution in [0.2, 0.25) is 0 Å². The number of hydrogen-bond donors (Lipinski definition) is 0. The predicted molar refractivity (Wildman–Crippen MR) is 104 cm³/mol. The highest BCUT2D eigenvalue weighted by Crippen LogP contribution is 2.49. The molecular weight excluding hydrogens is 347 g/mol. The highest BCUT2D eigenvalue weighted by atomic mass is 31.2. The standard InChI is InChI=1S/C21H25O4P/c1-24-18-14-9-15-19(25-2)20(18)21(22)26(23,16-10-5-3-6-11-16)17-12-7-4-8-13-17/h3-8,10-13,18-20H,9,14-15H2,1-2H3. The van der Waals surface area contributed by atoms with Crippen molar-refractivity contribution in [3.63, 3.8) is 0 Å². The molecule has 1 fully saturated rings. The second kappa shape index (κ2) is 8.30. The molecule has 0 aliphatic heterocycles. The third-order valence-corrected chi connectivity index (χ3v) is 8.19. The monoisotopic (exact) mass is 372 g/mol. The Labute approximate surface area is 154 Å². The van der Waals surface area contributed by atoms with Crippen molar-refractivity contribution in [1.29, 1.82) is 0 Å². The van der Waals surface area contributed by atoms with E-state index in [-0.39, 0.29) is 17.7 Å². The maximum Gasteiger partial charge on any atom is 0.208 e. The molecule has 2 atom stereocenters. The molecule has 2 unspecified atom stereocenters. The van der Waals surface area contributed by atoms with Gasteiger partial charge in [-0.2, -0.15) is 0 Å². The molecule has 0 amide bonds. The lowest BCUT2D eigenvalue weighted by Gasteiger charge is -2.37. The maximum atomic E-state index is 14.3. The molecule has 1 aliphatic rings. The highest BCUT2D eigenvalue weighted by Gasteiger charge is 2.48. The fourth-order valence-electron chi connectivity index (χ4n) is 3.86. The smallest absolute Gasteiger partial charge is 0.208 e. The summed E-state index contributed by atoms with van der Waals surface area (Å²) in [6.45, 7) is 0. The summed E-state index contributed by atoms with van der Waals surface area (Å²) in [7, 11) is -0.263. The molecule has 0 bridgehead atoms. The van der Waals surface area contributed by atoms with Crippen LogP contribution in [0.1, 0.15) is 19.3 Å². The second-order valence-electron chi connectivity index (χ2n) is 6.62. The fraction of sp³-hybridized carbons (Fsp3) is 0.381. The number of ether oxygens (including phenoxy) is 2. The third-order valence-electron chi connectivity index (χ3n) is 5.22. The number of hydrogen-bond acceptors (Lipinski definition) is 4. The molecule has 3 rings (SSSR count). The Hall–Kier alpha value is -1.74. The lowest BCUT2D eigenvalue weighted by atomic mass is 9.84. The van der Waals surface area contributed by atoms with Gasteiger partial charge in [0.25, 0.3) is 0 Å². The molecule has 0 heterocycles. The summed E-state index contributed by atoms with van der Waals surface area (Å²) in [4.78, 5) is 13.7. The molecule has 0 saturated heterocycles. The van der Waals surface area contributed by atoms with Crippen molar-refractivity contribution >= 4 is 23.3 Å². The zero-order valence-corrected chi connectivity index (χ0v) is 16.1. The van der Waals surface area contributed by atoms with Gasteiger partial charge in [0.2, 0.25) is 12.7 Å². The summed E-state index contributed by atoms with van der Waals surface area (Å²) in [5.41, 5.74) is -0.270. The SMILES string of the molecule is COC1CCCC(OC)C1C(=O)P(=O)(c1ccccc1)c1ccccc1. The first-order chi connectivity index (χ1) is 12.6. The lowest BCUT2D eigenvalue weighted by molar-refractivity contribution is -0.130. The quantitative estimate of drug-likeness (QED) is 0.730. The van der Waals surface area contributed by atoms with Gasteiger partial charge in [0, 0.05) is 24.8 Å². The van der Waals surface area contributed by atoms with E-state index in [1.807, 2.05) is 36.4 Å². The van der Waals surface area contributed by atoms with Crippen LogP contribution in [0.25, 0.3) is 0 Å². The topological polar surface area (TPSA) is 52.6 Å². The Kier molecular flexibility index (Phi) is 6.08. The molecule has 0 N–H and O–H groups in total. The normalized spacial score (nSPS) is 23.5. The number of carbonyl (C=O) groups is 1. The first kappa shape index (κ1) is 19.0. The largest absolute Gasteiger partial charge is 0.381 e. The van der Waals surface area contributed by atoms with Crippen LogP contribution in [-0.4, -0.2) is 32.0 Å². The summed E-state index contributed by atoms with van der Waals surface area (Å²) in [6, 6.07) is 18.1. The third kappa shape index (κ3) is 3.42. The maximum absolute atomic E-state index is 14.3. The summed E-state index contributed by atoms with van der Waals surface area (Å²) in [6.07, 6.45) is 1.93. The van der Waals surface area contributed by atoms with Crippen LogP contribution in [0.3, 0.4) is 0 Å². The average Bonchev–Trinajstić information content (AvgIpc) is 2.73. The van der Waals surface area contributed by atoms with Gasteiger partial charge in [-0.25, -0.2) is 0 Å². The van der Waals surface area contributed by atoms with Crippen molar-refractivity contribution in [3.8, 4) is 0 Å². The minimum Gasteiger partial charge on any atom is -0.381 e. The summed E-state index contributed by atoms with van der Waals surface area (Å²) >= 11 is 0. The zero-order chi connectivity index (χ0) is 18.6. The molecule has 26 heavy (non-hydrogen) atoms. The van der Waals surface area contributed by atoms with Crippen molar-refractivity contribution in [2.75, 3.05) is 14.2 Å². The highest BCUT2D eigenvalue weighted by molar-refractivity contribution is 7.93. The van der Waals surface area contributed by atoms with Gasteiger partial charge in [0.15, 0.2) is 0 Å². The van der Waals surface area contributed by atoms with Crippen LogP contribution < -0.4 is 10.6 Å². The Morgan fingerprint density at radius 2 is 1.27 bits per heavy atom. The predicted octanol–water partition coefficient (Wildman–Crippen LogP) is 3.36. The van der Waals surface area contributed by atoms with Crippen LogP contribution in [0.5, 0.6) is 0 Å².